The average molecular weight is 180 g/mol. The first-order valence-corrected chi connectivity index (χ1v) is 4.36. The third kappa shape index (κ3) is 2.09. The Morgan fingerprint density at radius 3 is 3.23 bits per heavy atom. The molecular weight excluding hydrogens is 168 g/mol. The second-order valence-electron chi connectivity index (χ2n) is 3.14. The van der Waals surface area contributed by atoms with E-state index in [0.717, 1.165) is 25.4 Å². The van der Waals surface area contributed by atoms with Gasteiger partial charge in [0, 0.05) is 13.1 Å². The van der Waals surface area contributed by atoms with Gasteiger partial charge in [-0.25, -0.2) is 0 Å². The number of piperazine rings is 1. The Morgan fingerprint density at radius 1 is 1.62 bits per heavy atom. The van der Waals surface area contributed by atoms with Crippen LogP contribution in [0.5, 0.6) is 0 Å². The SMILES string of the molecule is O=C1CN(Cc2ccco2)CCN1. The van der Waals surface area contributed by atoms with Crippen molar-refractivity contribution in [3.8, 4) is 0 Å². The Morgan fingerprint density at radius 2 is 2.54 bits per heavy atom. The van der Waals surface area contributed by atoms with E-state index in [1.807, 2.05) is 12.1 Å². The van der Waals surface area contributed by atoms with Gasteiger partial charge in [0.15, 0.2) is 0 Å². The molecular formula is C9H12N2O2. The van der Waals surface area contributed by atoms with E-state index < -0.39 is 0 Å². The first-order valence-electron chi connectivity index (χ1n) is 4.36. The molecule has 2 heterocycles. The van der Waals surface area contributed by atoms with Gasteiger partial charge in [0.05, 0.1) is 19.4 Å². The third-order valence-electron chi connectivity index (χ3n) is 2.08. The molecule has 0 saturated carbocycles. The van der Waals surface area contributed by atoms with Crippen LogP contribution in [0.3, 0.4) is 0 Å². The second-order valence-corrected chi connectivity index (χ2v) is 3.14. The van der Waals surface area contributed by atoms with Crippen LogP contribution in [0.25, 0.3) is 0 Å². The van der Waals surface area contributed by atoms with Crippen molar-refractivity contribution in [2.75, 3.05) is 19.6 Å². The third-order valence-corrected chi connectivity index (χ3v) is 2.08. The molecule has 1 fully saturated rings. The molecule has 13 heavy (non-hydrogen) atoms. The summed E-state index contributed by atoms with van der Waals surface area (Å²) >= 11 is 0. The molecule has 0 aromatic carbocycles. The van der Waals surface area contributed by atoms with Gasteiger partial charge in [-0.3, -0.25) is 9.69 Å². The lowest BCUT2D eigenvalue weighted by Crippen LogP contribution is -2.47. The molecule has 4 heteroatoms. The largest absolute Gasteiger partial charge is 0.468 e. The molecule has 1 aliphatic heterocycles. The standard InChI is InChI=1S/C9H12N2O2/c12-9-7-11(4-3-10-9)6-8-2-1-5-13-8/h1-2,5H,3-4,6-7H2,(H,10,12). The van der Waals surface area contributed by atoms with Gasteiger partial charge >= 0.3 is 0 Å². The van der Waals surface area contributed by atoms with Crippen molar-refractivity contribution in [3.63, 3.8) is 0 Å². The maximum Gasteiger partial charge on any atom is 0.234 e. The number of nitrogens with zero attached hydrogens (tertiary/aromatic N) is 1. The van der Waals surface area contributed by atoms with Crippen LogP contribution < -0.4 is 5.32 Å². The summed E-state index contributed by atoms with van der Waals surface area (Å²) in [6.45, 7) is 2.83. The lowest BCUT2D eigenvalue weighted by molar-refractivity contribution is -0.124. The van der Waals surface area contributed by atoms with E-state index in [-0.39, 0.29) is 5.91 Å². The molecule has 1 aromatic rings. The van der Waals surface area contributed by atoms with Crippen LogP contribution in [0.2, 0.25) is 0 Å². The molecule has 1 amide bonds. The van der Waals surface area contributed by atoms with Gasteiger partial charge in [0.25, 0.3) is 0 Å². The molecule has 1 aromatic heterocycles. The van der Waals surface area contributed by atoms with Crippen molar-refractivity contribution in [2.45, 2.75) is 6.54 Å². The molecule has 1 aliphatic rings. The lowest BCUT2D eigenvalue weighted by atomic mass is 10.3. The van der Waals surface area contributed by atoms with Crippen LogP contribution >= 0.6 is 0 Å². The van der Waals surface area contributed by atoms with E-state index in [4.69, 9.17) is 4.42 Å². The van der Waals surface area contributed by atoms with Gasteiger partial charge in [-0.05, 0) is 12.1 Å². The van der Waals surface area contributed by atoms with Gasteiger partial charge in [0.2, 0.25) is 5.91 Å². The van der Waals surface area contributed by atoms with Crippen LogP contribution in [0.4, 0.5) is 0 Å². The molecule has 0 unspecified atom stereocenters. The highest BCUT2D eigenvalue weighted by Gasteiger charge is 2.16. The molecule has 0 radical (unpaired) electrons. The molecule has 2 rings (SSSR count). The quantitative estimate of drug-likeness (QED) is 0.707. The summed E-state index contributed by atoms with van der Waals surface area (Å²) in [5, 5.41) is 2.78. The van der Waals surface area contributed by atoms with Gasteiger partial charge in [-0.2, -0.15) is 0 Å². The number of amides is 1. The zero-order chi connectivity index (χ0) is 9.10. The van der Waals surface area contributed by atoms with Crippen LogP contribution in [0.15, 0.2) is 22.8 Å². The summed E-state index contributed by atoms with van der Waals surface area (Å²) in [5.41, 5.74) is 0. The minimum absolute atomic E-state index is 0.0952. The second kappa shape index (κ2) is 3.62. The van der Waals surface area contributed by atoms with Crippen molar-refractivity contribution in [1.29, 1.82) is 0 Å². The fourth-order valence-corrected chi connectivity index (χ4v) is 1.45. The number of hydrogen-bond acceptors (Lipinski definition) is 3. The zero-order valence-electron chi connectivity index (χ0n) is 7.32. The summed E-state index contributed by atoms with van der Waals surface area (Å²) in [7, 11) is 0. The molecule has 0 atom stereocenters. The number of hydrogen-bond donors (Lipinski definition) is 1. The van der Waals surface area contributed by atoms with Crippen molar-refractivity contribution in [1.82, 2.24) is 10.2 Å². The smallest absolute Gasteiger partial charge is 0.234 e. The van der Waals surface area contributed by atoms with Gasteiger partial charge in [0.1, 0.15) is 5.76 Å². The maximum atomic E-state index is 11.0. The van der Waals surface area contributed by atoms with Crippen molar-refractivity contribution >= 4 is 5.91 Å². The highest BCUT2D eigenvalue weighted by molar-refractivity contribution is 5.78. The van der Waals surface area contributed by atoms with E-state index >= 15 is 0 Å². The fourth-order valence-electron chi connectivity index (χ4n) is 1.45. The Hall–Kier alpha value is -1.29. The number of carbonyl (C=O) groups excluding carboxylic acids is 1. The summed E-state index contributed by atoms with van der Waals surface area (Å²) in [6.07, 6.45) is 1.65. The van der Waals surface area contributed by atoms with Gasteiger partial charge in [-0.15, -0.1) is 0 Å². The van der Waals surface area contributed by atoms with Crippen LogP contribution in [0.1, 0.15) is 5.76 Å². The fraction of sp³-hybridized carbons (Fsp3) is 0.444. The summed E-state index contributed by atoms with van der Waals surface area (Å²) in [6, 6.07) is 3.78. The maximum absolute atomic E-state index is 11.0. The number of furan rings is 1. The minimum atomic E-state index is 0.0952. The van der Waals surface area contributed by atoms with Crippen LogP contribution in [0, 0.1) is 0 Å². The Labute approximate surface area is 76.5 Å². The predicted octanol–water partition coefficient (Wildman–Crippen LogP) is 0.211. The number of carbonyl (C=O) groups is 1. The molecule has 0 aliphatic carbocycles. The molecule has 70 valence electrons. The van der Waals surface area contributed by atoms with Crippen molar-refractivity contribution in [2.24, 2.45) is 0 Å². The number of nitrogens with one attached hydrogen (secondary N) is 1. The van der Waals surface area contributed by atoms with Crippen LogP contribution in [-0.2, 0) is 11.3 Å². The van der Waals surface area contributed by atoms with Gasteiger partial charge < -0.3 is 9.73 Å². The van der Waals surface area contributed by atoms with Gasteiger partial charge in [-0.1, -0.05) is 0 Å². The van der Waals surface area contributed by atoms with Crippen LogP contribution in [-0.4, -0.2) is 30.4 Å². The van der Waals surface area contributed by atoms with Crippen molar-refractivity contribution < 1.29 is 9.21 Å². The minimum Gasteiger partial charge on any atom is -0.468 e. The molecule has 1 saturated heterocycles. The Kier molecular flexibility index (Phi) is 2.31. The van der Waals surface area contributed by atoms with Crippen molar-refractivity contribution in [3.05, 3.63) is 24.2 Å². The predicted molar refractivity (Wildman–Crippen MR) is 47.0 cm³/mol. The highest BCUT2D eigenvalue weighted by atomic mass is 16.3. The van der Waals surface area contributed by atoms with E-state index in [2.05, 4.69) is 10.2 Å². The van der Waals surface area contributed by atoms with E-state index in [0.29, 0.717) is 6.54 Å². The highest BCUT2D eigenvalue weighted by Crippen LogP contribution is 2.05. The molecule has 0 bridgehead atoms. The summed E-state index contributed by atoms with van der Waals surface area (Å²) < 4.78 is 5.20. The first kappa shape index (κ1) is 8.31. The normalized spacial score (nSPS) is 18.6. The Bertz CT molecular complexity index is 282. The summed E-state index contributed by atoms with van der Waals surface area (Å²) in [4.78, 5) is 13.1. The number of rotatable bonds is 2. The van der Waals surface area contributed by atoms with E-state index in [9.17, 15) is 4.79 Å². The zero-order valence-corrected chi connectivity index (χ0v) is 7.32. The topological polar surface area (TPSA) is 45.5 Å². The Balaban J connectivity index is 1.91. The molecule has 1 N–H and O–H groups in total. The lowest BCUT2D eigenvalue weighted by Gasteiger charge is -2.25. The first-order chi connectivity index (χ1) is 6.34. The van der Waals surface area contributed by atoms with E-state index in [1.54, 1.807) is 6.26 Å². The summed E-state index contributed by atoms with van der Waals surface area (Å²) in [5.74, 6) is 1.01. The van der Waals surface area contributed by atoms with E-state index in [1.165, 1.54) is 0 Å². The average Bonchev–Trinajstić information content (AvgIpc) is 2.57. The molecule has 0 spiro atoms. The monoisotopic (exact) mass is 180 g/mol. The molecule has 4 nitrogen and oxygen atoms in total.